The zero-order chi connectivity index (χ0) is 39.6. The SMILES string of the molecule is C=CCCC(=O)N(C)[C@H](C)[C@H](OC(=O)[C@H]1[C@@H]2O[C@@]3(CC2Br)[C@@H]1C(=O)N([C@H](CO)c1ccccc1)[C@@H]3C(=O)N(CC=C)c1cc(C)ccc1C)c1ccccc1. The Balaban J connectivity index is 1.44. The first-order valence-electron chi connectivity index (χ1n) is 18.8. The van der Waals surface area contributed by atoms with Gasteiger partial charge in [-0.3, -0.25) is 19.2 Å². The third-order valence-electron chi connectivity index (χ3n) is 11.5. The zero-order valence-corrected chi connectivity index (χ0v) is 33.4. The van der Waals surface area contributed by atoms with E-state index in [4.69, 9.17) is 9.47 Å². The highest BCUT2D eigenvalue weighted by Crippen LogP contribution is 2.62. The Morgan fingerprint density at radius 2 is 1.69 bits per heavy atom. The number of aliphatic hydroxyl groups is 1. The number of fused-ring (bicyclic) bond motifs is 1. The number of carbonyl (C=O) groups excluding carboxylic acids is 4. The number of halogens is 1. The monoisotopic (exact) mass is 811 g/mol. The first kappa shape index (κ1) is 40.1. The summed E-state index contributed by atoms with van der Waals surface area (Å²) in [6.07, 6.45) is 2.70. The van der Waals surface area contributed by atoms with Crippen molar-refractivity contribution in [2.24, 2.45) is 11.8 Å². The average molecular weight is 813 g/mol. The minimum Gasteiger partial charge on any atom is -0.455 e. The quantitative estimate of drug-likeness (QED) is 0.107. The molecular formula is C44H50BrN3O7. The van der Waals surface area contributed by atoms with Crippen LogP contribution in [0.1, 0.15) is 60.6 Å². The molecule has 1 N–H and O–H groups in total. The van der Waals surface area contributed by atoms with Crippen molar-refractivity contribution < 1.29 is 33.8 Å². The number of aryl methyl sites for hydroxylation is 2. The van der Waals surface area contributed by atoms with E-state index in [1.54, 1.807) is 29.0 Å². The second kappa shape index (κ2) is 16.6. The molecule has 3 fully saturated rings. The molecular weight excluding hydrogens is 762 g/mol. The zero-order valence-electron chi connectivity index (χ0n) is 31.8. The van der Waals surface area contributed by atoms with Crippen LogP contribution < -0.4 is 4.90 Å². The van der Waals surface area contributed by atoms with Crippen LogP contribution in [0.2, 0.25) is 0 Å². The Kier molecular flexibility index (Phi) is 12.1. The Labute approximate surface area is 331 Å². The number of hydrogen-bond donors (Lipinski definition) is 1. The predicted molar refractivity (Wildman–Crippen MR) is 214 cm³/mol. The fraction of sp³-hybridized carbons (Fsp3) is 0.409. The number of esters is 1. The van der Waals surface area contributed by atoms with Gasteiger partial charge in [-0.05, 0) is 61.9 Å². The number of carbonyl (C=O) groups is 4. The van der Waals surface area contributed by atoms with E-state index in [1.165, 1.54) is 4.90 Å². The van der Waals surface area contributed by atoms with Crippen molar-refractivity contribution >= 4 is 45.3 Å². The van der Waals surface area contributed by atoms with Crippen LogP contribution >= 0.6 is 15.9 Å². The first-order valence-corrected chi connectivity index (χ1v) is 19.7. The molecule has 290 valence electrons. The topological polar surface area (TPSA) is 117 Å². The van der Waals surface area contributed by atoms with Crippen molar-refractivity contribution in [3.05, 3.63) is 126 Å². The molecule has 1 unspecified atom stereocenters. The maximum Gasteiger partial charge on any atom is 0.313 e. The molecule has 55 heavy (non-hydrogen) atoms. The van der Waals surface area contributed by atoms with E-state index in [1.807, 2.05) is 99.6 Å². The number of ether oxygens (including phenoxy) is 2. The second-order valence-electron chi connectivity index (χ2n) is 14.9. The number of allylic oxidation sites excluding steroid dienone is 1. The van der Waals surface area contributed by atoms with Crippen LogP contribution in [0.5, 0.6) is 0 Å². The standard InChI is InChI=1S/C44H50BrN3O7/c1-7-9-20-35(50)46(6)29(5)38(31-18-14-11-15-19-31)54-43(53)36-37-41(51)48(34(26-49)30-16-12-10-13-17-30)40(44(37)25-32(45)39(36)55-44)42(52)47(23-8-2)33-24-27(3)21-22-28(33)4/h7-8,10-19,21-22,24,29,32,34,36-40,49H,1-2,9,20,23,25-26H2,3-6H3/t29-,32?,34-,36-,37+,38+,39-,40-,44+/m1/s1. The maximum atomic E-state index is 15.3. The highest BCUT2D eigenvalue weighted by molar-refractivity contribution is 9.09. The van der Waals surface area contributed by atoms with Crippen LogP contribution in [-0.4, -0.2) is 87.4 Å². The molecule has 3 amide bonds. The Bertz CT molecular complexity index is 1920. The van der Waals surface area contributed by atoms with Gasteiger partial charge in [-0.25, -0.2) is 0 Å². The summed E-state index contributed by atoms with van der Waals surface area (Å²) in [5.74, 6) is -3.83. The highest BCUT2D eigenvalue weighted by Gasteiger charge is 2.78. The van der Waals surface area contributed by atoms with E-state index in [0.717, 1.165) is 11.1 Å². The number of hydrogen-bond acceptors (Lipinski definition) is 7. The fourth-order valence-corrected chi connectivity index (χ4v) is 9.64. The summed E-state index contributed by atoms with van der Waals surface area (Å²) in [5, 5.41) is 11.0. The van der Waals surface area contributed by atoms with Crippen LogP contribution in [-0.2, 0) is 28.7 Å². The minimum atomic E-state index is -1.43. The van der Waals surface area contributed by atoms with Gasteiger partial charge < -0.3 is 29.3 Å². The van der Waals surface area contributed by atoms with E-state index >= 15 is 9.59 Å². The molecule has 3 aliphatic rings. The second-order valence-corrected chi connectivity index (χ2v) is 16.1. The summed E-state index contributed by atoms with van der Waals surface area (Å²) < 4.78 is 13.3. The van der Waals surface area contributed by atoms with Gasteiger partial charge >= 0.3 is 5.97 Å². The van der Waals surface area contributed by atoms with Gasteiger partial charge in [0.2, 0.25) is 11.8 Å². The molecule has 9 atom stereocenters. The third kappa shape index (κ3) is 7.30. The maximum absolute atomic E-state index is 15.3. The number of aliphatic hydroxyl groups excluding tert-OH is 1. The van der Waals surface area contributed by atoms with E-state index in [2.05, 4.69) is 29.1 Å². The molecule has 0 saturated carbocycles. The van der Waals surface area contributed by atoms with Crippen molar-refractivity contribution in [1.82, 2.24) is 9.80 Å². The molecule has 3 aliphatic heterocycles. The van der Waals surface area contributed by atoms with Crippen molar-refractivity contribution in [3.8, 4) is 0 Å². The van der Waals surface area contributed by atoms with Gasteiger partial charge in [-0.1, -0.05) is 101 Å². The van der Waals surface area contributed by atoms with Crippen LogP contribution in [0.15, 0.2) is 104 Å². The molecule has 10 nitrogen and oxygen atoms in total. The summed E-state index contributed by atoms with van der Waals surface area (Å²) in [6.45, 7) is 13.0. The van der Waals surface area contributed by atoms with E-state index < -0.39 is 77.0 Å². The van der Waals surface area contributed by atoms with Gasteiger partial charge in [-0.2, -0.15) is 0 Å². The Hall–Kier alpha value is -4.58. The molecule has 3 heterocycles. The summed E-state index contributed by atoms with van der Waals surface area (Å²) in [4.78, 5) is 62.7. The summed E-state index contributed by atoms with van der Waals surface area (Å²) in [7, 11) is 1.68. The molecule has 2 bridgehead atoms. The van der Waals surface area contributed by atoms with Gasteiger partial charge in [0.25, 0.3) is 5.91 Å². The first-order chi connectivity index (χ1) is 26.4. The summed E-state index contributed by atoms with van der Waals surface area (Å²) in [6, 6.07) is 21.5. The largest absolute Gasteiger partial charge is 0.455 e. The number of likely N-dealkylation sites (tertiary alicyclic amines) is 1. The third-order valence-corrected chi connectivity index (χ3v) is 12.4. The molecule has 0 aliphatic carbocycles. The van der Waals surface area contributed by atoms with E-state index in [0.29, 0.717) is 23.2 Å². The van der Waals surface area contributed by atoms with Crippen molar-refractivity contribution in [2.75, 3.05) is 25.1 Å². The van der Waals surface area contributed by atoms with Crippen molar-refractivity contribution in [2.45, 2.75) is 80.8 Å². The lowest BCUT2D eigenvalue weighted by molar-refractivity contribution is -0.165. The number of anilines is 1. The number of likely N-dealkylation sites (N-methyl/N-ethyl adjacent to an activating group) is 1. The van der Waals surface area contributed by atoms with Gasteiger partial charge in [0, 0.05) is 30.5 Å². The van der Waals surface area contributed by atoms with E-state index in [9.17, 15) is 14.7 Å². The van der Waals surface area contributed by atoms with Crippen molar-refractivity contribution in [3.63, 3.8) is 0 Å². The molecule has 0 aromatic heterocycles. The lowest BCUT2D eigenvalue weighted by Crippen LogP contribution is -2.57. The Morgan fingerprint density at radius 3 is 2.31 bits per heavy atom. The lowest BCUT2D eigenvalue weighted by Gasteiger charge is -2.39. The molecule has 3 aromatic carbocycles. The van der Waals surface area contributed by atoms with Crippen LogP contribution in [0, 0.1) is 25.7 Å². The minimum absolute atomic E-state index is 0.126. The molecule has 3 aromatic rings. The van der Waals surface area contributed by atoms with E-state index in [-0.39, 0.29) is 25.3 Å². The van der Waals surface area contributed by atoms with Gasteiger partial charge in [0.1, 0.15) is 17.7 Å². The normalized spacial score (nSPS) is 25.5. The van der Waals surface area contributed by atoms with Gasteiger partial charge in [0.05, 0.1) is 36.6 Å². The van der Waals surface area contributed by atoms with Crippen LogP contribution in [0.25, 0.3) is 0 Å². The number of nitrogens with zero attached hydrogens (tertiary/aromatic N) is 3. The van der Waals surface area contributed by atoms with Gasteiger partial charge in [-0.15, -0.1) is 13.2 Å². The fourth-order valence-electron chi connectivity index (χ4n) is 8.70. The summed E-state index contributed by atoms with van der Waals surface area (Å²) in [5.41, 5.74) is 2.38. The Morgan fingerprint density at radius 1 is 1.04 bits per heavy atom. The van der Waals surface area contributed by atoms with Crippen molar-refractivity contribution in [1.29, 1.82) is 0 Å². The van der Waals surface area contributed by atoms with Gasteiger partial charge in [0.15, 0.2) is 0 Å². The number of rotatable bonds is 15. The number of alkyl halides is 1. The average Bonchev–Trinajstić information content (AvgIpc) is 3.79. The molecule has 6 rings (SSSR count). The molecule has 1 spiro atoms. The smallest absolute Gasteiger partial charge is 0.313 e. The number of benzene rings is 3. The lowest BCUT2D eigenvalue weighted by atomic mass is 9.70. The molecule has 11 heteroatoms. The number of amides is 3. The molecule has 3 saturated heterocycles. The highest BCUT2D eigenvalue weighted by atomic mass is 79.9. The van der Waals surface area contributed by atoms with Crippen LogP contribution in [0.3, 0.4) is 0 Å². The summed E-state index contributed by atoms with van der Waals surface area (Å²) >= 11 is 3.78. The predicted octanol–water partition coefficient (Wildman–Crippen LogP) is 6.40. The van der Waals surface area contributed by atoms with Crippen LogP contribution in [0.4, 0.5) is 5.69 Å². The molecule has 0 radical (unpaired) electrons.